The fraction of sp³-hybridized carbons (Fsp3) is 0.533. The van der Waals surface area contributed by atoms with Crippen molar-refractivity contribution in [1.29, 1.82) is 0 Å². The summed E-state index contributed by atoms with van der Waals surface area (Å²) in [7, 11) is 3.69. The molecule has 1 aliphatic rings. The van der Waals surface area contributed by atoms with Crippen molar-refractivity contribution >= 4 is 5.91 Å². The summed E-state index contributed by atoms with van der Waals surface area (Å²) in [6.45, 7) is 1.08. The third-order valence-corrected chi connectivity index (χ3v) is 3.73. The smallest absolute Gasteiger partial charge is 0.246 e. The Morgan fingerprint density at radius 1 is 1.46 bits per heavy atom. The van der Waals surface area contributed by atoms with Crippen molar-refractivity contribution < 1.29 is 19.0 Å². The molecule has 0 spiro atoms. The number of aryl methyl sites for hydroxylation is 2. The number of aromatic nitrogens is 4. The lowest BCUT2D eigenvalue weighted by atomic mass is 10.2. The van der Waals surface area contributed by atoms with Crippen molar-refractivity contribution in [2.45, 2.75) is 18.8 Å². The summed E-state index contributed by atoms with van der Waals surface area (Å²) in [5.41, 5.74) is 0. The number of amides is 1. The molecule has 9 nitrogen and oxygen atoms in total. The minimum atomic E-state index is -0.243. The second kappa shape index (κ2) is 7.45. The van der Waals surface area contributed by atoms with Gasteiger partial charge in [-0.2, -0.15) is 5.10 Å². The maximum absolute atomic E-state index is 12.0. The zero-order valence-corrected chi connectivity index (χ0v) is 13.7. The van der Waals surface area contributed by atoms with Crippen molar-refractivity contribution in [1.82, 2.24) is 24.6 Å². The first kappa shape index (κ1) is 16.5. The largest absolute Gasteiger partial charge is 0.482 e. The molecule has 2 atom stereocenters. The van der Waals surface area contributed by atoms with Crippen molar-refractivity contribution in [3.8, 4) is 5.75 Å². The molecule has 130 valence electrons. The van der Waals surface area contributed by atoms with Crippen molar-refractivity contribution in [3.05, 3.63) is 30.6 Å². The van der Waals surface area contributed by atoms with Crippen molar-refractivity contribution in [2.24, 2.45) is 14.1 Å². The number of carbonyl (C=O) groups is 1. The topological polar surface area (TPSA) is 92.4 Å². The van der Waals surface area contributed by atoms with Gasteiger partial charge in [0, 0.05) is 26.5 Å². The van der Waals surface area contributed by atoms with E-state index in [0.29, 0.717) is 19.0 Å². The van der Waals surface area contributed by atoms with E-state index >= 15 is 0 Å². The fourth-order valence-electron chi connectivity index (χ4n) is 2.44. The SMILES string of the molecule is Cn1cc(O[C@@H]2COC[C@@H]2NC(=O)COCc2nccn2C)cn1. The molecule has 1 N–H and O–H groups in total. The maximum atomic E-state index is 12.0. The molecule has 1 fully saturated rings. The average molecular weight is 335 g/mol. The molecule has 0 aliphatic carbocycles. The van der Waals surface area contributed by atoms with Crippen LogP contribution in [0.1, 0.15) is 5.82 Å². The number of ether oxygens (including phenoxy) is 3. The second-order valence-corrected chi connectivity index (χ2v) is 5.66. The molecular formula is C15H21N5O4. The van der Waals surface area contributed by atoms with Gasteiger partial charge in [-0.15, -0.1) is 0 Å². The van der Waals surface area contributed by atoms with E-state index < -0.39 is 0 Å². The molecule has 0 unspecified atom stereocenters. The monoisotopic (exact) mass is 335 g/mol. The molecule has 1 amide bonds. The second-order valence-electron chi connectivity index (χ2n) is 5.66. The number of nitrogens with zero attached hydrogens (tertiary/aromatic N) is 4. The molecule has 3 heterocycles. The van der Waals surface area contributed by atoms with Gasteiger partial charge in [0.25, 0.3) is 0 Å². The third kappa shape index (κ3) is 4.12. The highest BCUT2D eigenvalue weighted by atomic mass is 16.5. The summed E-state index contributed by atoms with van der Waals surface area (Å²) in [5, 5.41) is 6.93. The van der Waals surface area contributed by atoms with Gasteiger partial charge in [0.05, 0.1) is 31.6 Å². The summed E-state index contributed by atoms with van der Waals surface area (Å²) in [4.78, 5) is 16.2. The first-order chi connectivity index (χ1) is 11.6. The van der Waals surface area contributed by atoms with Crippen LogP contribution in [0.5, 0.6) is 5.75 Å². The predicted molar refractivity (Wildman–Crippen MR) is 83.2 cm³/mol. The number of imidazole rings is 1. The predicted octanol–water partition coefficient (Wildman–Crippen LogP) is -0.367. The van der Waals surface area contributed by atoms with Gasteiger partial charge >= 0.3 is 0 Å². The quantitative estimate of drug-likeness (QED) is 0.742. The summed E-state index contributed by atoms with van der Waals surface area (Å²) in [6, 6.07) is -0.213. The Kier molecular flexibility index (Phi) is 5.11. The molecule has 1 aliphatic heterocycles. The number of hydrogen-bond donors (Lipinski definition) is 1. The van der Waals surface area contributed by atoms with Gasteiger partial charge in [-0.05, 0) is 0 Å². The Morgan fingerprint density at radius 3 is 3.04 bits per heavy atom. The first-order valence-corrected chi connectivity index (χ1v) is 7.68. The molecule has 2 aromatic rings. The molecular weight excluding hydrogens is 314 g/mol. The Bertz CT molecular complexity index is 683. The Hall–Kier alpha value is -2.39. The van der Waals surface area contributed by atoms with Crippen LogP contribution < -0.4 is 10.1 Å². The highest BCUT2D eigenvalue weighted by Crippen LogP contribution is 2.16. The minimum Gasteiger partial charge on any atom is -0.482 e. The van der Waals surface area contributed by atoms with Gasteiger partial charge in [-0.25, -0.2) is 4.98 Å². The van der Waals surface area contributed by atoms with Crippen LogP contribution in [-0.2, 0) is 35.0 Å². The van der Waals surface area contributed by atoms with Crippen LogP contribution in [0.2, 0.25) is 0 Å². The molecule has 1 saturated heterocycles. The van der Waals surface area contributed by atoms with Crippen molar-refractivity contribution in [3.63, 3.8) is 0 Å². The van der Waals surface area contributed by atoms with Gasteiger partial charge in [0.15, 0.2) is 5.75 Å². The average Bonchev–Trinajstić information content (AvgIpc) is 3.25. The van der Waals surface area contributed by atoms with E-state index in [4.69, 9.17) is 14.2 Å². The molecule has 9 heteroatoms. The summed E-state index contributed by atoms with van der Waals surface area (Å²) >= 11 is 0. The van der Waals surface area contributed by atoms with Gasteiger partial charge in [-0.3, -0.25) is 9.48 Å². The summed E-state index contributed by atoms with van der Waals surface area (Å²) in [6.07, 6.45) is 6.68. The van der Waals surface area contributed by atoms with E-state index in [1.165, 1.54) is 0 Å². The number of carbonyl (C=O) groups excluding carboxylic acids is 1. The zero-order valence-electron chi connectivity index (χ0n) is 13.7. The van der Waals surface area contributed by atoms with Crippen LogP contribution in [0.4, 0.5) is 0 Å². The van der Waals surface area contributed by atoms with Crippen LogP contribution in [0.15, 0.2) is 24.8 Å². The van der Waals surface area contributed by atoms with E-state index in [-0.39, 0.29) is 31.3 Å². The molecule has 24 heavy (non-hydrogen) atoms. The highest BCUT2D eigenvalue weighted by Gasteiger charge is 2.31. The lowest BCUT2D eigenvalue weighted by Gasteiger charge is -2.19. The van der Waals surface area contributed by atoms with Gasteiger partial charge in [0.2, 0.25) is 5.91 Å². The normalized spacial score (nSPS) is 20.2. The van der Waals surface area contributed by atoms with Gasteiger partial charge in [0.1, 0.15) is 25.1 Å². The third-order valence-electron chi connectivity index (χ3n) is 3.73. The van der Waals surface area contributed by atoms with Crippen LogP contribution in [-0.4, -0.2) is 57.2 Å². The molecule has 0 bridgehead atoms. The lowest BCUT2D eigenvalue weighted by Crippen LogP contribution is -2.46. The summed E-state index contributed by atoms with van der Waals surface area (Å²) < 4.78 is 20.1. The number of rotatable bonds is 7. The first-order valence-electron chi connectivity index (χ1n) is 7.68. The van der Waals surface area contributed by atoms with Crippen LogP contribution >= 0.6 is 0 Å². The molecule has 0 saturated carbocycles. The summed E-state index contributed by atoms with van der Waals surface area (Å²) in [5.74, 6) is 1.21. The maximum Gasteiger partial charge on any atom is 0.246 e. The van der Waals surface area contributed by atoms with Crippen LogP contribution in [0.3, 0.4) is 0 Å². The molecule has 0 aromatic carbocycles. The minimum absolute atomic E-state index is 0.0387. The van der Waals surface area contributed by atoms with Crippen molar-refractivity contribution in [2.75, 3.05) is 19.8 Å². The van der Waals surface area contributed by atoms with Crippen LogP contribution in [0.25, 0.3) is 0 Å². The van der Waals surface area contributed by atoms with Gasteiger partial charge < -0.3 is 24.1 Å². The van der Waals surface area contributed by atoms with Crippen LogP contribution in [0, 0.1) is 0 Å². The van der Waals surface area contributed by atoms with E-state index in [0.717, 1.165) is 5.82 Å². The van der Waals surface area contributed by atoms with Gasteiger partial charge in [-0.1, -0.05) is 0 Å². The van der Waals surface area contributed by atoms with E-state index in [1.54, 1.807) is 23.3 Å². The van der Waals surface area contributed by atoms with E-state index in [1.807, 2.05) is 24.9 Å². The lowest BCUT2D eigenvalue weighted by molar-refractivity contribution is -0.127. The van der Waals surface area contributed by atoms with E-state index in [9.17, 15) is 4.79 Å². The molecule has 0 radical (unpaired) electrons. The number of nitrogens with one attached hydrogen (secondary N) is 1. The molecule has 3 rings (SSSR count). The standard InChI is InChI=1S/C15H21N5O4/c1-19-4-3-16-14(19)9-23-10-15(21)18-12-7-22-8-13(12)24-11-5-17-20(2)6-11/h3-6,12-13H,7-10H2,1-2H3,(H,18,21)/t12-,13+/m0/s1. The van der Waals surface area contributed by atoms with E-state index in [2.05, 4.69) is 15.4 Å². The fourth-order valence-corrected chi connectivity index (χ4v) is 2.44. The Balaban J connectivity index is 1.43. The zero-order chi connectivity index (χ0) is 16.9. The number of hydrogen-bond acceptors (Lipinski definition) is 6. The Morgan fingerprint density at radius 2 is 2.33 bits per heavy atom. The molecule has 2 aromatic heterocycles. The highest BCUT2D eigenvalue weighted by molar-refractivity contribution is 5.77. The Labute approximate surface area is 139 Å².